The van der Waals surface area contributed by atoms with Crippen LogP contribution in [-0.4, -0.2) is 32.2 Å². The largest absolute Gasteiger partial charge is 0.463 e. The van der Waals surface area contributed by atoms with E-state index in [1.165, 1.54) is 18.9 Å². The van der Waals surface area contributed by atoms with Crippen molar-refractivity contribution in [3.8, 4) is 5.69 Å². The Morgan fingerprint density at radius 2 is 1.85 bits per heavy atom. The van der Waals surface area contributed by atoms with Gasteiger partial charge in [0.1, 0.15) is 5.76 Å². The molecular weight excluding hydrogens is 440 g/mol. The van der Waals surface area contributed by atoms with Gasteiger partial charge in [0.25, 0.3) is 5.56 Å². The summed E-state index contributed by atoms with van der Waals surface area (Å²) in [5.41, 5.74) is 3.09. The molecule has 0 amide bonds. The SMILES string of the molecule is COC(=O)c1oc(CSc2nnc3n(-c4ccc(C)cc4)c(=O)c4ccccc4n23)cc1C. The van der Waals surface area contributed by atoms with E-state index in [1.807, 2.05) is 59.9 Å². The van der Waals surface area contributed by atoms with E-state index in [0.29, 0.717) is 33.4 Å². The van der Waals surface area contributed by atoms with E-state index in [0.717, 1.165) is 16.8 Å². The normalized spacial score (nSPS) is 11.4. The summed E-state index contributed by atoms with van der Waals surface area (Å²) in [6, 6.07) is 16.9. The first kappa shape index (κ1) is 21.0. The van der Waals surface area contributed by atoms with E-state index in [9.17, 15) is 9.59 Å². The average Bonchev–Trinajstić information content (AvgIpc) is 3.42. The molecule has 0 saturated heterocycles. The highest BCUT2D eigenvalue weighted by Gasteiger charge is 2.20. The van der Waals surface area contributed by atoms with Crippen molar-refractivity contribution < 1.29 is 13.9 Å². The van der Waals surface area contributed by atoms with E-state index >= 15 is 0 Å². The van der Waals surface area contributed by atoms with Crippen LogP contribution in [0.25, 0.3) is 22.4 Å². The van der Waals surface area contributed by atoms with Crippen LogP contribution < -0.4 is 5.56 Å². The maximum absolute atomic E-state index is 13.4. The fourth-order valence-electron chi connectivity index (χ4n) is 3.75. The van der Waals surface area contributed by atoms with E-state index in [2.05, 4.69) is 10.2 Å². The van der Waals surface area contributed by atoms with Gasteiger partial charge in [0.05, 0.1) is 29.5 Å². The fourth-order valence-corrected chi connectivity index (χ4v) is 4.57. The minimum absolute atomic E-state index is 0.157. The van der Waals surface area contributed by atoms with Gasteiger partial charge in [-0.2, -0.15) is 0 Å². The molecule has 5 rings (SSSR count). The van der Waals surface area contributed by atoms with Gasteiger partial charge in [-0.05, 0) is 44.2 Å². The predicted molar refractivity (Wildman–Crippen MR) is 125 cm³/mol. The second kappa shape index (κ2) is 8.25. The van der Waals surface area contributed by atoms with Crippen LogP contribution in [-0.2, 0) is 10.5 Å². The van der Waals surface area contributed by atoms with Crippen molar-refractivity contribution in [2.45, 2.75) is 24.8 Å². The minimum Gasteiger partial charge on any atom is -0.463 e. The predicted octanol–water partition coefficient (Wildman–Crippen LogP) is 4.32. The van der Waals surface area contributed by atoms with E-state index in [-0.39, 0.29) is 11.3 Å². The Kier molecular flexibility index (Phi) is 5.26. The van der Waals surface area contributed by atoms with Crippen LogP contribution in [0.15, 0.2) is 69.0 Å². The minimum atomic E-state index is -0.509. The zero-order valence-corrected chi connectivity index (χ0v) is 19.0. The molecule has 0 N–H and O–H groups in total. The first-order valence-electron chi connectivity index (χ1n) is 10.2. The van der Waals surface area contributed by atoms with Crippen LogP contribution >= 0.6 is 11.8 Å². The lowest BCUT2D eigenvalue weighted by Gasteiger charge is -2.11. The van der Waals surface area contributed by atoms with Gasteiger partial charge in [0.2, 0.25) is 11.5 Å². The van der Waals surface area contributed by atoms with Crippen molar-refractivity contribution >= 4 is 34.4 Å². The number of benzene rings is 2. The van der Waals surface area contributed by atoms with Crippen LogP contribution in [0, 0.1) is 13.8 Å². The van der Waals surface area contributed by atoms with Gasteiger partial charge in [0.15, 0.2) is 5.16 Å². The van der Waals surface area contributed by atoms with Crippen molar-refractivity contribution in [1.82, 2.24) is 19.2 Å². The summed E-state index contributed by atoms with van der Waals surface area (Å²) in [7, 11) is 1.32. The summed E-state index contributed by atoms with van der Waals surface area (Å²) in [5, 5.41) is 9.90. The summed E-state index contributed by atoms with van der Waals surface area (Å²) < 4.78 is 13.9. The molecule has 0 spiro atoms. The number of nitrogens with zero attached hydrogens (tertiary/aromatic N) is 4. The molecule has 3 heterocycles. The zero-order valence-electron chi connectivity index (χ0n) is 18.2. The van der Waals surface area contributed by atoms with Crippen molar-refractivity contribution in [2.24, 2.45) is 0 Å². The number of carbonyl (C=O) groups is 1. The lowest BCUT2D eigenvalue weighted by molar-refractivity contribution is 0.0562. The van der Waals surface area contributed by atoms with E-state index < -0.39 is 5.97 Å². The monoisotopic (exact) mass is 460 g/mol. The smallest absolute Gasteiger partial charge is 0.374 e. The van der Waals surface area contributed by atoms with E-state index in [4.69, 9.17) is 9.15 Å². The summed E-state index contributed by atoms with van der Waals surface area (Å²) in [4.78, 5) is 25.2. The molecule has 166 valence electrons. The summed E-state index contributed by atoms with van der Waals surface area (Å²) in [5.74, 6) is 1.15. The molecule has 0 radical (unpaired) electrons. The Morgan fingerprint density at radius 1 is 1.09 bits per heavy atom. The number of esters is 1. The second-order valence-electron chi connectivity index (χ2n) is 7.62. The number of hydrogen-bond donors (Lipinski definition) is 0. The van der Waals surface area contributed by atoms with Gasteiger partial charge >= 0.3 is 5.97 Å². The number of methoxy groups -OCH3 is 1. The number of hydrogen-bond acceptors (Lipinski definition) is 7. The molecule has 33 heavy (non-hydrogen) atoms. The third kappa shape index (κ3) is 3.60. The Hall–Kier alpha value is -3.85. The number of rotatable bonds is 5. The van der Waals surface area contributed by atoms with Gasteiger partial charge in [-0.3, -0.25) is 9.20 Å². The maximum atomic E-state index is 13.4. The molecule has 0 unspecified atom stereocenters. The molecule has 5 aromatic rings. The first-order chi connectivity index (χ1) is 16.0. The fraction of sp³-hybridized carbons (Fsp3) is 0.167. The molecule has 0 saturated carbocycles. The lowest BCUT2D eigenvalue weighted by atomic mass is 10.2. The van der Waals surface area contributed by atoms with Gasteiger partial charge in [0, 0.05) is 5.56 Å². The lowest BCUT2D eigenvalue weighted by Crippen LogP contribution is -2.21. The number of thioether (sulfide) groups is 1. The Labute approximate surface area is 192 Å². The summed E-state index contributed by atoms with van der Waals surface area (Å²) in [6.45, 7) is 3.79. The molecule has 0 bridgehead atoms. The molecule has 2 aromatic carbocycles. The molecular formula is C24H20N4O4S. The molecule has 0 aliphatic carbocycles. The Morgan fingerprint density at radius 3 is 2.61 bits per heavy atom. The quantitative estimate of drug-likeness (QED) is 0.285. The first-order valence-corrected chi connectivity index (χ1v) is 11.2. The van der Waals surface area contributed by atoms with Crippen LogP contribution in [0.4, 0.5) is 0 Å². The van der Waals surface area contributed by atoms with Crippen molar-refractivity contribution in [2.75, 3.05) is 7.11 Å². The zero-order chi connectivity index (χ0) is 23.1. The maximum Gasteiger partial charge on any atom is 0.374 e. The van der Waals surface area contributed by atoms with Crippen LogP contribution in [0.3, 0.4) is 0 Å². The Balaban J connectivity index is 1.62. The molecule has 8 nitrogen and oxygen atoms in total. The molecule has 0 atom stereocenters. The number of para-hydroxylation sites is 1. The van der Waals surface area contributed by atoms with Crippen molar-refractivity contribution in [3.05, 3.63) is 87.6 Å². The van der Waals surface area contributed by atoms with Crippen LogP contribution in [0.2, 0.25) is 0 Å². The third-order valence-electron chi connectivity index (χ3n) is 5.37. The second-order valence-corrected chi connectivity index (χ2v) is 8.56. The molecule has 9 heteroatoms. The number of carbonyl (C=O) groups excluding carboxylic acids is 1. The number of aromatic nitrogens is 4. The van der Waals surface area contributed by atoms with Crippen molar-refractivity contribution in [1.29, 1.82) is 0 Å². The molecule has 0 aliphatic rings. The van der Waals surface area contributed by atoms with Crippen LogP contribution in [0.5, 0.6) is 0 Å². The van der Waals surface area contributed by atoms with Gasteiger partial charge in [-0.1, -0.05) is 41.6 Å². The number of ether oxygens (including phenoxy) is 1. The number of furan rings is 1. The van der Waals surface area contributed by atoms with Gasteiger partial charge in [-0.25, -0.2) is 9.36 Å². The standard InChI is InChI=1S/C24H20N4O4S/c1-14-8-10-16(11-9-14)27-21(29)18-6-4-5-7-19(18)28-23(27)25-26-24(28)33-13-17-12-15(2)20(32-17)22(30)31-3/h4-12H,13H2,1-3H3. The van der Waals surface area contributed by atoms with Crippen LogP contribution in [0.1, 0.15) is 27.4 Å². The van der Waals surface area contributed by atoms with Gasteiger partial charge in [-0.15, -0.1) is 10.2 Å². The molecule has 0 aliphatic heterocycles. The molecule has 3 aromatic heterocycles. The molecule has 0 fully saturated rings. The van der Waals surface area contributed by atoms with Crippen molar-refractivity contribution in [3.63, 3.8) is 0 Å². The number of aryl methyl sites for hydroxylation is 2. The van der Waals surface area contributed by atoms with Gasteiger partial charge < -0.3 is 9.15 Å². The number of fused-ring (bicyclic) bond motifs is 3. The summed E-state index contributed by atoms with van der Waals surface area (Å²) in [6.07, 6.45) is 0. The average molecular weight is 461 g/mol. The van der Waals surface area contributed by atoms with E-state index in [1.54, 1.807) is 17.6 Å². The highest BCUT2D eigenvalue weighted by molar-refractivity contribution is 7.98. The third-order valence-corrected chi connectivity index (χ3v) is 6.32. The summed E-state index contributed by atoms with van der Waals surface area (Å²) >= 11 is 1.41. The highest BCUT2D eigenvalue weighted by atomic mass is 32.2. The highest BCUT2D eigenvalue weighted by Crippen LogP contribution is 2.27. The Bertz CT molecular complexity index is 1560. The topological polar surface area (TPSA) is 91.6 Å².